The van der Waals surface area contributed by atoms with Crippen molar-refractivity contribution in [3.05, 3.63) is 58.8 Å². The lowest BCUT2D eigenvalue weighted by molar-refractivity contribution is -0.114. The summed E-state index contributed by atoms with van der Waals surface area (Å²) >= 11 is 0. The first-order valence-corrected chi connectivity index (χ1v) is 7.58. The zero-order valence-corrected chi connectivity index (χ0v) is 13.8. The first-order valence-electron chi connectivity index (χ1n) is 7.58. The minimum absolute atomic E-state index is 0.143. The van der Waals surface area contributed by atoms with Gasteiger partial charge in [-0.3, -0.25) is 9.59 Å². The van der Waals surface area contributed by atoms with Gasteiger partial charge in [-0.05, 0) is 36.4 Å². The van der Waals surface area contributed by atoms with Crippen molar-refractivity contribution >= 4 is 28.3 Å². The summed E-state index contributed by atoms with van der Waals surface area (Å²) in [5.41, 5.74) is 2.59. The lowest BCUT2D eigenvalue weighted by Crippen LogP contribution is -2.08. The fourth-order valence-corrected chi connectivity index (χ4v) is 2.53. The number of benzene rings is 2. The molecule has 3 aromatic rings. The third-order valence-corrected chi connectivity index (χ3v) is 3.73. The van der Waals surface area contributed by atoms with Crippen molar-refractivity contribution in [3.8, 4) is 11.3 Å². The van der Waals surface area contributed by atoms with Gasteiger partial charge < -0.3 is 14.6 Å². The summed E-state index contributed by atoms with van der Waals surface area (Å²) < 4.78 is 5.93. The van der Waals surface area contributed by atoms with Crippen molar-refractivity contribution in [2.24, 2.45) is 0 Å². The Morgan fingerprint density at radius 1 is 1.08 bits per heavy atom. The first kappa shape index (κ1) is 15.8. The molecule has 122 valence electrons. The Morgan fingerprint density at radius 2 is 1.79 bits per heavy atom. The van der Waals surface area contributed by atoms with Crippen LogP contribution >= 0.6 is 0 Å². The smallest absolute Gasteiger partial charge is 0.221 e. The van der Waals surface area contributed by atoms with E-state index in [0.717, 1.165) is 11.3 Å². The summed E-state index contributed by atoms with van der Waals surface area (Å²) in [7, 11) is 3.93. The highest BCUT2D eigenvalue weighted by molar-refractivity contribution is 5.98. The van der Waals surface area contributed by atoms with Crippen LogP contribution in [0, 0.1) is 0 Å². The van der Waals surface area contributed by atoms with Crippen LogP contribution in [0.4, 0.5) is 11.4 Å². The van der Waals surface area contributed by atoms with E-state index in [1.54, 1.807) is 18.2 Å². The second kappa shape index (κ2) is 6.20. The van der Waals surface area contributed by atoms with Gasteiger partial charge in [-0.25, -0.2) is 0 Å². The second-order valence-corrected chi connectivity index (χ2v) is 5.78. The Morgan fingerprint density at radius 3 is 2.42 bits per heavy atom. The van der Waals surface area contributed by atoms with Crippen LogP contribution in [-0.4, -0.2) is 20.0 Å². The number of hydrogen-bond acceptors (Lipinski definition) is 4. The average molecular weight is 322 g/mol. The van der Waals surface area contributed by atoms with Crippen LogP contribution in [0.15, 0.2) is 57.7 Å². The molecule has 0 unspecified atom stereocenters. The van der Waals surface area contributed by atoms with Crippen LogP contribution in [0.25, 0.3) is 22.3 Å². The van der Waals surface area contributed by atoms with Gasteiger partial charge in [-0.1, -0.05) is 6.07 Å². The maximum atomic E-state index is 12.4. The Balaban J connectivity index is 2.15. The molecule has 0 fully saturated rings. The van der Waals surface area contributed by atoms with Crippen molar-refractivity contribution in [1.82, 2.24) is 0 Å². The number of rotatable bonds is 3. The van der Waals surface area contributed by atoms with E-state index in [9.17, 15) is 9.59 Å². The van der Waals surface area contributed by atoms with Crippen LogP contribution in [0.5, 0.6) is 0 Å². The van der Waals surface area contributed by atoms with Crippen molar-refractivity contribution in [3.63, 3.8) is 0 Å². The molecule has 0 aliphatic rings. The molecule has 0 spiro atoms. The van der Waals surface area contributed by atoms with Crippen LogP contribution in [0.1, 0.15) is 6.92 Å². The van der Waals surface area contributed by atoms with Crippen molar-refractivity contribution < 1.29 is 9.21 Å². The average Bonchev–Trinajstić information content (AvgIpc) is 2.55. The molecule has 0 saturated carbocycles. The number of nitrogens with one attached hydrogen (secondary N) is 1. The van der Waals surface area contributed by atoms with E-state index in [0.29, 0.717) is 22.4 Å². The van der Waals surface area contributed by atoms with Gasteiger partial charge in [0.05, 0.1) is 11.1 Å². The van der Waals surface area contributed by atoms with Crippen LogP contribution < -0.4 is 15.6 Å². The number of nitrogens with zero attached hydrogens (tertiary/aromatic N) is 1. The summed E-state index contributed by atoms with van der Waals surface area (Å²) in [5, 5.41) is 3.14. The topological polar surface area (TPSA) is 62.6 Å². The third kappa shape index (κ3) is 3.01. The zero-order chi connectivity index (χ0) is 17.3. The molecule has 24 heavy (non-hydrogen) atoms. The van der Waals surface area contributed by atoms with Crippen molar-refractivity contribution in [2.75, 3.05) is 24.3 Å². The summed E-state index contributed by atoms with van der Waals surface area (Å²) in [5.74, 6) is 0.251. The van der Waals surface area contributed by atoms with E-state index in [1.807, 2.05) is 43.3 Å². The lowest BCUT2D eigenvalue weighted by atomic mass is 10.1. The van der Waals surface area contributed by atoms with E-state index < -0.39 is 0 Å². The van der Waals surface area contributed by atoms with E-state index in [4.69, 9.17) is 4.42 Å². The first-order chi connectivity index (χ1) is 11.5. The fourth-order valence-electron chi connectivity index (χ4n) is 2.53. The predicted molar refractivity (Wildman–Crippen MR) is 96.6 cm³/mol. The van der Waals surface area contributed by atoms with Crippen molar-refractivity contribution in [2.45, 2.75) is 6.92 Å². The largest absolute Gasteiger partial charge is 0.454 e. The Bertz CT molecular complexity index is 957. The highest BCUT2D eigenvalue weighted by atomic mass is 16.3. The summed E-state index contributed by atoms with van der Waals surface area (Å²) in [6.07, 6.45) is 0. The number of anilines is 2. The molecule has 1 aromatic heterocycles. The molecule has 0 radical (unpaired) electrons. The highest BCUT2D eigenvalue weighted by Crippen LogP contribution is 2.28. The Kier molecular flexibility index (Phi) is 4.08. The number of hydrogen-bond donors (Lipinski definition) is 1. The van der Waals surface area contributed by atoms with E-state index >= 15 is 0 Å². The maximum absolute atomic E-state index is 12.4. The molecule has 5 heteroatoms. The molecule has 0 bridgehead atoms. The minimum atomic E-state index is -0.217. The summed E-state index contributed by atoms with van der Waals surface area (Å²) in [6, 6.07) is 14.3. The molecule has 1 N–H and O–H groups in total. The molecule has 0 aliphatic heterocycles. The molecule has 1 heterocycles. The van der Waals surface area contributed by atoms with Gasteiger partial charge in [0.1, 0.15) is 5.76 Å². The molecule has 0 atom stereocenters. The van der Waals surface area contributed by atoms with Gasteiger partial charge >= 0.3 is 0 Å². The van der Waals surface area contributed by atoms with Gasteiger partial charge in [-0.15, -0.1) is 0 Å². The molecule has 3 rings (SSSR count). The SMILES string of the molecule is CC(=O)Nc1cccc2c(=O)cc(-c3ccc(N(C)C)cc3)oc12. The molecule has 5 nitrogen and oxygen atoms in total. The molecule has 2 aromatic carbocycles. The quantitative estimate of drug-likeness (QED) is 0.802. The summed E-state index contributed by atoms with van der Waals surface area (Å²) in [6.45, 7) is 1.42. The molecular formula is C19H18N2O3. The minimum Gasteiger partial charge on any atom is -0.454 e. The van der Waals surface area contributed by atoms with Crippen LogP contribution in [0.2, 0.25) is 0 Å². The number of carbonyl (C=O) groups is 1. The van der Waals surface area contributed by atoms with Crippen LogP contribution in [-0.2, 0) is 4.79 Å². The van der Waals surface area contributed by atoms with E-state index in [2.05, 4.69) is 5.32 Å². The van der Waals surface area contributed by atoms with E-state index in [-0.39, 0.29) is 11.3 Å². The van der Waals surface area contributed by atoms with Gasteiger partial charge in [0.2, 0.25) is 5.91 Å². The van der Waals surface area contributed by atoms with Crippen molar-refractivity contribution in [1.29, 1.82) is 0 Å². The van der Waals surface area contributed by atoms with Gasteiger partial charge in [0, 0.05) is 38.3 Å². The normalized spacial score (nSPS) is 10.6. The van der Waals surface area contributed by atoms with Crippen LogP contribution in [0.3, 0.4) is 0 Å². The molecular weight excluding hydrogens is 304 g/mol. The van der Waals surface area contributed by atoms with Gasteiger partial charge in [0.25, 0.3) is 0 Å². The second-order valence-electron chi connectivity index (χ2n) is 5.78. The third-order valence-electron chi connectivity index (χ3n) is 3.73. The van der Waals surface area contributed by atoms with Gasteiger partial charge in [0.15, 0.2) is 11.0 Å². The van der Waals surface area contributed by atoms with Gasteiger partial charge in [-0.2, -0.15) is 0 Å². The maximum Gasteiger partial charge on any atom is 0.221 e. The van der Waals surface area contributed by atoms with E-state index in [1.165, 1.54) is 13.0 Å². The highest BCUT2D eigenvalue weighted by Gasteiger charge is 2.11. The Hall–Kier alpha value is -3.08. The number of para-hydroxylation sites is 1. The summed E-state index contributed by atoms with van der Waals surface area (Å²) in [4.78, 5) is 25.8. The predicted octanol–water partition coefficient (Wildman–Crippen LogP) is 3.48. The molecule has 0 aliphatic carbocycles. The lowest BCUT2D eigenvalue weighted by Gasteiger charge is -2.13. The molecule has 1 amide bonds. The monoisotopic (exact) mass is 322 g/mol. The number of fused-ring (bicyclic) bond motifs is 1. The number of amides is 1. The fraction of sp³-hybridized carbons (Fsp3) is 0.158. The number of carbonyl (C=O) groups excluding carboxylic acids is 1. The molecule has 0 saturated heterocycles. The standard InChI is InChI=1S/C19H18N2O3/c1-12(22)20-16-6-4-5-15-17(23)11-18(24-19(15)16)13-7-9-14(10-8-13)21(2)3/h4-11H,1-3H3,(H,20,22). The zero-order valence-electron chi connectivity index (χ0n) is 13.8. The Labute approximate surface area is 139 Å².